The van der Waals surface area contributed by atoms with Crippen molar-refractivity contribution in [2.75, 3.05) is 20.1 Å². The van der Waals surface area contributed by atoms with Gasteiger partial charge in [-0.25, -0.2) is 4.39 Å². The van der Waals surface area contributed by atoms with E-state index >= 15 is 0 Å². The summed E-state index contributed by atoms with van der Waals surface area (Å²) in [7, 11) is 1.80. The Hall–Kier alpha value is -2.13. The van der Waals surface area contributed by atoms with Gasteiger partial charge in [0.1, 0.15) is 17.2 Å². The van der Waals surface area contributed by atoms with Crippen LogP contribution < -0.4 is 10.6 Å². The van der Waals surface area contributed by atoms with E-state index in [0.29, 0.717) is 12.6 Å². The van der Waals surface area contributed by atoms with Gasteiger partial charge in [-0.1, -0.05) is 30.3 Å². The molecule has 0 saturated carbocycles. The number of para-hydroxylation sites is 1. The molecule has 4 rings (SSSR count). The fraction of sp³-hybridized carbons (Fsp3) is 0.375. The topological polar surface area (TPSA) is 52.8 Å². The number of fused-ring (bicyclic) bond motifs is 1. The van der Waals surface area contributed by atoms with Gasteiger partial charge in [0.05, 0.1) is 6.54 Å². The number of likely N-dealkylation sites (tertiary alicyclic amines) is 1. The second kappa shape index (κ2) is 10.9. The summed E-state index contributed by atoms with van der Waals surface area (Å²) in [4.78, 5) is 6.80. The molecule has 0 radical (unpaired) electrons. The molecule has 1 aliphatic heterocycles. The molecule has 0 bridgehead atoms. The first kappa shape index (κ1) is 23.5. The lowest BCUT2D eigenvalue weighted by molar-refractivity contribution is 0.198. The van der Waals surface area contributed by atoms with Crippen LogP contribution in [0.5, 0.6) is 0 Å². The molecule has 166 valence electrons. The lowest BCUT2D eigenvalue weighted by Crippen LogP contribution is -2.48. The summed E-state index contributed by atoms with van der Waals surface area (Å²) in [5.41, 5.74) is 3.24. The number of nitrogens with one attached hydrogen (secondary N) is 2. The summed E-state index contributed by atoms with van der Waals surface area (Å²) < 4.78 is 19.1. The zero-order chi connectivity index (χ0) is 20.9. The SMILES string of the molecule is CN=C(NCc1oc2ccccc2c1C)NC1CCN(Cc2ccc(F)cc2)CC1.I. The maximum Gasteiger partial charge on any atom is 0.191 e. The van der Waals surface area contributed by atoms with Crippen LogP contribution in [0.3, 0.4) is 0 Å². The van der Waals surface area contributed by atoms with E-state index in [1.807, 2.05) is 30.3 Å². The van der Waals surface area contributed by atoms with Crippen molar-refractivity contribution < 1.29 is 8.81 Å². The van der Waals surface area contributed by atoms with Crippen molar-refractivity contribution in [3.05, 3.63) is 71.2 Å². The highest BCUT2D eigenvalue weighted by atomic mass is 127. The Morgan fingerprint density at radius 2 is 1.84 bits per heavy atom. The molecule has 2 heterocycles. The van der Waals surface area contributed by atoms with Crippen LogP contribution in [-0.2, 0) is 13.1 Å². The van der Waals surface area contributed by atoms with Gasteiger partial charge < -0.3 is 15.1 Å². The number of rotatable bonds is 5. The number of piperidine rings is 1. The summed E-state index contributed by atoms with van der Waals surface area (Å²) in [5, 5.41) is 8.09. The van der Waals surface area contributed by atoms with Crippen LogP contribution in [0, 0.1) is 12.7 Å². The van der Waals surface area contributed by atoms with Crippen LogP contribution >= 0.6 is 24.0 Å². The molecule has 3 aromatic rings. The number of guanidine groups is 1. The largest absolute Gasteiger partial charge is 0.459 e. The standard InChI is InChI=1S/C24H29FN4O.HI/c1-17-21-5-3-4-6-22(21)30-23(17)15-27-24(26-2)28-20-11-13-29(14-12-20)16-18-7-9-19(25)10-8-18;/h3-10,20H,11-16H2,1-2H3,(H2,26,27,28);1H. The highest BCUT2D eigenvalue weighted by Crippen LogP contribution is 2.24. The zero-order valence-corrected chi connectivity index (χ0v) is 20.4. The van der Waals surface area contributed by atoms with E-state index in [9.17, 15) is 4.39 Å². The Bertz CT molecular complexity index is 1010. The van der Waals surface area contributed by atoms with Crippen molar-refractivity contribution in [2.45, 2.75) is 38.9 Å². The minimum Gasteiger partial charge on any atom is -0.459 e. The average Bonchev–Trinajstić information content (AvgIpc) is 3.10. The molecule has 2 N–H and O–H groups in total. The van der Waals surface area contributed by atoms with E-state index in [2.05, 4.69) is 33.5 Å². The van der Waals surface area contributed by atoms with Crippen LogP contribution in [0.4, 0.5) is 4.39 Å². The first-order valence-corrected chi connectivity index (χ1v) is 10.5. The number of hydrogen-bond donors (Lipinski definition) is 2. The molecule has 0 spiro atoms. The van der Waals surface area contributed by atoms with Crippen molar-refractivity contribution >= 4 is 40.9 Å². The molecular weight excluding hydrogens is 506 g/mol. The third kappa shape index (κ3) is 5.98. The number of benzene rings is 2. The summed E-state index contributed by atoms with van der Waals surface area (Å²) in [5.74, 6) is 1.55. The quantitative estimate of drug-likeness (QED) is 0.279. The Morgan fingerprint density at radius 3 is 2.52 bits per heavy atom. The number of halogens is 2. The van der Waals surface area contributed by atoms with Gasteiger partial charge in [0.25, 0.3) is 0 Å². The number of aliphatic imine (C=N–C) groups is 1. The Balaban J connectivity index is 0.00000272. The molecule has 1 saturated heterocycles. The van der Waals surface area contributed by atoms with Gasteiger partial charge in [0, 0.05) is 43.7 Å². The maximum absolute atomic E-state index is 13.1. The molecule has 0 atom stereocenters. The third-order valence-corrected chi connectivity index (χ3v) is 5.83. The Morgan fingerprint density at radius 1 is 1.13 bits per heavy atom. The lowest BCUT2D eigenvalue weighted by atomic mass is 10.0. The minimum absolute atomic E-state index is 0. The second-order valence-electron chi connectivity index (χ2n) is 7.89. The number of furan rings is 1. The highest BCUT2D eigenvalue weighted by molar-refractivity contribution is 14.0. The molecular formula is C24H30FIN4O. The van der Waals surface area contributed by atoms with Crippen molar-refractivity contribution in [1.29, 1.82) is 0 Å². The van der Waals surface area contributed by atoms with Crippen molar-refractivity contribution in [1.82, 2.24) is 15.5 Å². The van der Waals surface area contributed by atoms with Crippen molar-refractivity contribution in [2.24, 2.45) is 4.99 Å². The van der Waals surface area contributed by atoms with Gasteiger partial charge >= 0.3 is 0 Å². The maximum atomic E-state index is 13.1. The van der Waals surface area contributed by atoms with E-state index in [1.165, 1.54) is 17.7 Å². The molecule has 1 aliphatic rings. The Kier molecular flexibility index (Phi) is 8.31. The predicted molar refractivity (Wildman–Crippen MR) is 134 cm³/mol. The fourth-order valence-corrected chi connectivity index (χ4v) is 4.03. The smallest absolute Gasteiger partial charge is 0.191 e. The summed E-state index contributed by atoms with van der Waals surface area (Å²) in [6.07, 6.45) is 2.09. The van der Waals surface area contributed by atoms with E-state index in [1.54, 1.807) is 7.05 Å². The zero-order valence-electron chi connectivity index (χ0n) is 18.0. The molecule has 2 aromatic carbocycles. The number of nitrogens with zero attached hydrogens (tertiary/aromatic N) is 2. The van der Waals surface area contributed by atoms with Crippen molar-refractivity contribution in [3.63, 3.8) is 0 Å². The van der Waals surface area contributed by atoms with Gasteiger partial charge in [-0.05, 0) is 43.5 Å². The third-order valence-electron chi connectivity index (χ3n) is 5.83. The van der Waals surface area contributed by atoms with Gasteiger partial charge in [0.2, 0.25) is 0 Å². The monoisotopic (exact) mass is 536 g/mol. The fourth-order valence-electron chi connectivity index (χ4n) is 4.03. The van der Waals surface area contributed by atoms with Gasteiger partial charge in [-0.15, -0.1) is 24.0 Å². The highest BCUT2D eigenvalue weighted by Gasteiger charge is 2.20. The summed E-state index contributed by atoms with van der Waals surface area (Å²) in [6, 6.07) is 15.3. The molecule has 1 fully saturated rings. The van der Waals surface area contributed by atoms with Crippen LogP contribution in [0.2, 0.25) is 0 Å². The van der Waals surface area contributed by atoms with E-state index < -0.39 is 0 Å². The first-order chi connectivity index (χ1) is 14.6. The minimum atomic E-state index is -0.182. The molecule has 0 unspecified atom stereocenters. The van der Waals surface area contributed by atoms with Gasteiger partial charge in [-0.3, -0.25) is 9.89 Å². The average molecular weight is 536 g/mol. The second-order valence-corrected chi connectivity index (χ2v) is 7.89. The molecule has 5 nitrogen and oxygen atoms in total. The van der Waals surface area contributed by atoms with Crippen LogP contribution in [0.15, 0.2) is 57.9 Å². The van der Waals surface area contributed by atoms with Crippen LogP contribution in [-0.4, -0.2) is 37.0 Å². The molecule has 0 aliphatic carbocycles. The lowest BCUT2D eigenvalue weighted by Gasteiger charge is -2.33. The Labute approximate surface area is 200 Å². The number of aryl methyl sites for hydroxylation is 1. The first-order valence-electron chi connectivity index (χ1n) is 10.5. The van der Waals surface area contributed by atoms with Crippen LogP contribution in [0.1, 0.15) is 29.7 Å². The normalized spacial score (nSPS) is 15.6. The summed E-state index contributed by atoms with van der Waals surface area (Å²) in [6.45, 7) is 5.58. The predicted octanol–water partition coefficient (Wildman–Crippen LogP) is 4.83. The van der Waals surface area contributed by atoms with Gasteiger partial charge in [0.15, 0.2) is 5.96 Å². The molecule has 0 amide bonds. The van der Waals surface area contributed by atoms with E-state index in [-0.39, 0.29) is 29.8 Å². The number of hydrogen-bond acceptors (Lipinski definition) is 3. The van der Waals surface area contributed by atoms with E-state index in [4.69, 9.17) is 4.42 Å². The summed E-state index contributed by atoms with van der Waals surface area (Å²) >= 11 is 0. The molecule has 1 aromatic heterocycles. The van der Waals surface area contributed by atoms with E-state index in [0.717, 1.165) is 60.7 Å². The van der Waals surface area contributed by atoms with Crippen molar-refractivity contribution in [3.8, 4) is 0 Å². The molecule has 31 heavy (non-hydrogen) atoms. The molecule has 7 heteroatoms. The van der Waals surface area contributed by atoms with Gasteiger partial charge in [-0.2, -0.15) is 0 Å². The van der Waals surface area contributed by atoms with Crippen LogP contribution in [0.25, 0.3) is 11.0 Å².